The van der Waals surface area contributed by atoms with E-state index in [0.717, 1.165) is 12.5 Å². The summed E-state index contributed by atoms with van der Waals surface area (Å²) >= 11 is 0. The molecule has 0 aliphatic heterocycles. The second-order valence-corrected chi connectivity index (χ2v) is 14.2. The van der Waals surface area contributed by atoms with Gasteiger partial charge >= 0.3 is 0 Å². The van der Waals surface area contributed by atoms with Gasteiger partial charge in [-0.3, -0.25) is 28.5 Å². The number of para-hydroxylation sites is 1. The van der Waals surface area contributed by atoms with Crippen molar-refractivity contribution in [3.05, 3.63) is 76.4 Å². The third-order valence-corrected chi connectivity index (χ3v) is 8.72. The average Bonchev–Trinajstić information content (AvgIpc) is 3.72. The van der Waals surface area contributed by atoms with E-state index < -0.39 is 52.3 Å². The molecule has 0 aliphatic carbocycles. The fraction of sp³-hybridized carbons (Fsp3) is 0.389. The van der Waals surface area contributed by atoms with E-state index in [1.807, 2.05) is 20.8 Å². The van der Waals surface area contributed by atoms with Crippen LogP contribution in [0.25, 0.3) is 0 Å². The van der Waals surface area contributed by atoms with Gasteiger partial charge in [-0.2, -0.15) is 10.2 Å². The second kappa shape index (κ2) is 19.6. The first-order valence-electron chi connectivity index (χ1n) is 19.9. The average molecular weight is 793 g/mol. The van der Waals surface area contributed by atoms with Gasteiger partial charge in [0.05, 0.1) is 52.0 Å². The van der Waals surface area contributed by atoms with E-state index in [4.69, 9.17) is 39.8 Å². The van der Waals surface area contributed by atoms with Gasteiger partial charge in [0.15, 0.2) is 0 Å². The van der Waals surface area contributed by atoms with Crippen LogP contribution < -0.4 is 31.6 Å². The normalized spacial score (nSPS) is 13.1. The van der Waals surface area contributed by atoms with Crippen LogP contribution in [-0.2, 0) is 35.8 Å². The maximum atomic E-state index is 13.1. The molecule has 0 aliphatic rings. The van der Waals surface area contributed by atoms with Crippen LogP contribution in [0.3, 0.4) is 0 Å². The number of rotatable bonds is 17. The quantitative estimate of drug-likeness (QED) is 0.105. The summed E-state index contributed by atoms with van der Waals surface area (Å²) in [4.78, 5) is 49.7. The molecule has 2 heterocycles. The van der Waals surface area contributed by atoms with Crippen molar-refractivity contribution in [1.29, 1.82) is 0 Å². The van der Waals surface area contributed by atoms with Crippen molar-refractivity contribution in [2.75, 3.05) is 23.8 Å². The molecule has 0 saturated heterocycles. The number of carbonyl (C=O) groups excluding carboxylic acids is 4. The van der Waals surface area contributed by atoms with Gasteiger partial charge in [-0.25, -0.2) is 8.42 Å². The molecule has 6 N–H and O–H groups in total. The third-order valence-electron chi connectivity index (χ3n) is 7.37. The number of nitrogens with zero attached hydrogens (tertiary/aromatic N) is 4. The maximum absolute atomic E-state index is 13.1. The SMILES string of the molecule is [2H]C([2H])([2H])n1nc(CCC)c(NC(=O)c2cc(S(=O)(=O)Cl)ccc2OCCC)c1C(N)=O.[2H]C([2H])([2H])n1nc(CCC)c(NC(=O)c2ccccc2OCCC)c1C(N)=O. The first kappa shape index (κ1) is 34.4. The molecule has 0 spiro atoms. The Morgan fingerprint density at radius 1 is 0.741 bits per heavy atom. The number of amides is 4. The molecule has 4 rings (SSSR count). The Morgan fingerprint density at radius 2 is 1.20 bits per heavy atom. The van der Waals surface area contributed by atoms with Crippen molar-refractivity contribution >= 4 is 54.7 Å². The Balaban J connectivity index is 0.000000323. The summed E-state index contributed by atoms with van der Waals surface area (Å²) in [6, 6.07) is 10.2. The Morgan fingerprint density at radius 3 is 1.63 bits per heavy atom. The molecule has 2 aromatic carbocycles. The van der Waals surface area contributed by atoms with Crippen LogP contribution in [0.15, 0.2) is 47.4 Å². The molecule has 16 nitrogen and oxygen atoms in total. The Bertz CT molecular complexity index is 2310. The Kier molecular flexibility index (Phi) is 12.5. The summed E-state index contributed by atoms with van der Waals surface area (Å²) in [5.41, 5.74) is 10.3. The van der Waals surface area contributed by atoms with Gasteiger partial charge in [-0.05, 0) is 56.0 Å². The topological polar surface area (TPSA) is 233 Å². The van der Waals surface area contributed by atoms with Crippen LogP contribution in [0.2, 0.25) is 0 Å². The number of carbonyl (C=O) groups is 4. The van der Waals surface area contributed by atoms with Crippen LogP contribution >= 0.6 is 10.7 Å². The number of halogens is 1. The van der Waals surface area contributed by atoms with Gasteiger partial charge in [0.1, 0.15) is 22.9 Å². The third kappa shape index (κ3) is 10.8. The number of benzene rings is 2. The molecule has 0 atom stereocenters. The standard InChI is InChI=1S/C18H23ClN4O5S.C18H24N4O3/c1-4-6-13-15(16(17(20)24)23(3)22-13)21-18(25)12-10-11(29(19,26)27)7-8-14(12)28-9-5-2;1-4-8-13-15(16(17(19)23)22(3)21-13)20-18(24)12-9-6-7-10-14(12)25-11-5-2/h7-8,10H,4-6,9H2,1-3H3,(H2,20,24)(H,21,25);6-7,9-10H,4-5,8,11H2,1-3H3,(H2,19,23)(H,20,24)/i2*3D3. The zero-order valence-electron chi connectivity index (χ0n) is 36.2. The number of primary amides is 2. The fourth-order valence-corrected chi connectivity index (χ4v) is 5.78. The maximum Gasteiger partial charge on any atom is 0.269 e. The van der Waals surface area contributed by atoms with Crippen molar-refractivity contribution in [2.45, 2.75) is 71.1 Å². The number of aryl methyl sites for hydroxylation is 4. The molecule has 18 heteroatoms. The lowest BCUT2D eigenvalue weighted by molar-refractivity contribution is 0.0981. The minimum atomic E-state index is -4.15. The highest BCUT2D eigenvalue weighted by atomic mass is 35.7. The predicted octanol–water partition coefficient (Wildman–Crippen LogP) is 4.95. The van der Waals surface area contributed by atoms with Crippen LogP contribution in [0, 0.1) is 0 Å². The molecular formula is C36H47ClN8O8S. The number of ether oxygens (including phenoxy) is 2. The van der Waals surface area contributed by atoms with Gasteiger partial charge in [-0.15, -0.1) is 0 Å². The fourth-order valence-electron chi connectivity index (χ4n) is 5.00. The molecule has 54 heavy (non-hydrogen) atoms. The number of hydrogen-bond donors (Lipinski definition) is 4. The molecule has 4 aromatic rings. The Labute approximate surface area is 327 Å². The molecule has 292 valence electrons. The van der Waals surface area contributed by atoms with Gasteiger partial charge in [-0.1, -0.05) is 52.7 Å². The van der Waals surface area contributed by atoms with Gasteiger partial charge < -0.3 is 31.6 Å². The van der Waals surface area contributed by atoms with E-state index in [9.17, 15) is 27.6 Å². The van der Waals surface area contributed by atoms with Crippen molar-refractivity contribution in [2.24, 2.45) is 25.4 Å². The number of hydrogen-bond acceptors (Lipinski definition) is 10. The first-order chi connectivity index (χ1) is 28.0. The summed E-state index contributed by atoms with van der Waals surface area (Å²) in [7, 11) is 1.25. The lowest BCUT2D eigenvalue weighted by Gasteiger charge is -2.13. The molecule has 2 aromatic heterocycles. The van der Waals surface area contributed by atoms with E-state index in [0.29, 0.717) is 47.4 Å². The minimum Gasteiger partial charge on any atom is -0.493 e. The molecule has 0 fully saturated rings. The number of nitrogens with one attached hydrogen (secondary N) is 2. The molecule has 0 radical (unpaired) electrons. The smallest absolute Gasteiger partial charge is 0.269 e. The number of anilines is 2. The summed E-state index contributed by atoms with van der Waals surface area (Å²) < 4.78 is 81.3. The molecule has 0 bridgehead atoms. The molecule has 4 amide bonds. The van der Waals surface area contributed by atoms with Crippen LogP contribution in [-0.4, -0.2) is 64.8 Å². The van der Waals surface area contributed by atoms with E-state index in [1.165, 1.54) is 12.1 Å². The van der Waals surface area contributed by atoms with E-state index >= 15 is 0 Å². The lowest BCUT2D eigenvalue weighted by atomic mass is 10.1. The van der Waals surface area contributed by atoms with Crippen LogP contribution in [0.4, 0.5) is 11.4 Å². The highest BCUT2D eigenvalue weighted by molar-refractivity contribution is 8.13. The number of nitrogens with two attached hydrogens (primary N) is 2. The van der Waals surface area contributed by atoms with Gasteiger partial charge in [0.25, 0.3) is 32.7 Å². The summed E-state index contributed by atoms with van der Waals surface area (Å²) in [6.45, 7) is 2.62. The van der Waals surface area contributed by atoms with Crippen molar-refractivity contribution in [1.82, 2.24) is 19.6 Å². The zero-order chi connectivity index (χ0) is 45.2. The van der Waals surface area contributed by atoms with Gasteiger partial charge in [0, 0.05) is 32.9 Å². The molecular weight excluding hydrogens is 740 g/mol. The summed E-state index contributed by atoms with van der Waals surface area (Å²) in [5.74, 6) is -3.03. The van der Waals surface area contributed by atoms with E-state index in [2.05, 4.69) is 20.8 Å². The van der Waals surface area contributed by atoms with Crippen molar-refractivity contribution in [3.63, 3.8) is 0 Å². The monoisotopic (exact) mass is 792 g/mol. The van der Waals surface area contributed by atoms with E-state index in [1.54, 1.807) is 31.2 Å². The van der Waals surface area contributed by atoms with Gasteiger partial charge in [0.2, 0.25) is 0 Å². The predicted molar refractivity (Wildman–Crippen MR) is 205 cm³/mol. The minimum absolute atomic E-state index is 0.0146. The number of aromatic nitrogens is 4. The first-order valence-corrected chi connectivity index (χ1v) is 19.2. The molecule has 0 saturated carbocycles. The van der Waals surface area contributed by atoms with Crippen molar-refractivity contribution < 1.29 is 45.3 Å². The molecule has 0 unspecified atom stereocenters. The zero-order valence-corrected chi connectivity index (χ0v) is 31.8. The van der Waals surface area contributed by atoms with E-state index in [-0.39, 0.29) is 63.3 Å². The highest BCUT2D eigenvalue weighted by Gasteiger charge is 2.26. The summed E-state index contributed by atoms with van der Waals surface area (Å²) in [6.07, 6.45) is 3.17. The highest BCUT2D eigenvalue weighted by Crippen LogP contribution is 2.29. The van der Waals surface area contributed by atoms with Crippen molar-refractivity contribution in [3.8, 4) is 11.5 Å². The lowest BCUT2D eigenvalue weighted by Crippen LogP contribution is -2.21. The second-order valence-electron chi connectivity index (χ2n) is 11.6. The van der Waals surface area contributed by atoms with Crippen LogP contribution in [0.1, 0.15) is 115 Å². The largest absolute Gasteiger partial charge is 0.493 e. The van der Waals surface area contributed by atoms with Crippen LogP contribution in [0.5, 0.6) is 11.5 Å². The Hall–Kier alpha value is -5.42. The summed E-state index contributed by atoms with van der Waals surface area (Å²) in [5, 5.41) is 13.1.